The zero-order valence-electron chi connectivity index (χ0n) is 9.96. The summed E-state index contributed by atoms with van der Waals surface area (Å²) in [5.74, 6) is 0. The third-order valence-corrected chi connectivity index (χ3v) is 2.54. The van der Waals surface area contributed by atoms with E-state index in [-0.39, 0.29) is 6.04 Å². The van der Waals surface area contributed by atoms with Crippen LogP contribution in [0.15, 0.2) is 30.6 Å². The number of nitrogens with zero attached hydrogens (tertiary/aromatic N) is 4. The van der Waals surface area contributed by atoms with Gasteiger partial charge in [0.05, 0.1) is 23.9 Å². The number of hydrogen-bond acceptors (Lipinski definition) is 3. The lowest BCUT2D eigenvalue weighted by molar-refractivity contribution is 0.516. The van der Waals surface area contributed by atoms with E-state index in [1.807, 2.05) is 22.9 Å². The first kappa shape index (κ1) is 11.3. The van der Waals surface area contributed by atoms with Gasteiger partial charge in [-0.3, -0.25) is 9.67 Å². The Morgan fingerprint density at radius 2 is 2.06 bits per heavy atom. The highest BCUT2D eigenvalue weighted by Crippen LogP contribution is 2.20. The van der Waals surface area contributed by atoms with Crippen LogP contribution in [0, 0.1) is 11.3 Å². The SMILES string of the molecule is CC(C)n1nc(-c2ccncc2)cc1CC#N. The lowest BCUT2D eigenvalue weighted by Gasteiger charge is -2.08. The topological polar surface area (TPSA) is 54.5 Å². The van der Waals surface area contributed by atoms with Gasteiger partial charge in [0.2, 0.25) is 0 Å². The number of nitriles is 1. The molecule has 2 rings (SSSR count). The molecule has 17 heavy (non-hydrogen) atoms. The molecule has 0 aromatic carbocycles. The van der Waals surface area contributed by atoms with Crippen LogP contribution in [0.25, 0.3) is 11.3 Å². The smallest absolute Gasteiger partial charge is 0.0927 e. The highest BCUT2D eigenvalue weighted by molar-refractivity contribution is 5.58. The van der Waals surface area contributed by atoms with Crippen LogP contribution in [0.1, 0.15) is 25.6 Å². The van der Waals surface area contributed by atoms with Crippen molar-refractivity contribution in [1.29, 1.82) is 5.26 Å². The molecule has 2 heterocycles. The van der Waals surface area contributed by atoms with Crippen LogP contribution in [0.2, 0.25) is 0 Å². The summed E-state index contributed by atoms with van der Waals surface area (Å²) in [5, 5.41) is 13.3. The molecule has 0 radical (unpaired) electrons. The molecule has 4 nitrogen and oxygen atoms in total. The molecule has 0 aliphatic carbocycles. The Morgan fingerprint density at radius 3 is 2.65 bits per heavy atom. The summed E-state index contributed by atoms with van der Waals surface area (Å²) in [7, 11) is 0. The van der Waals surface area contributed by atoms with E-state index in [0.29, 0.717) is 6.42 Å². The predicted molar refractivity (Wildman–Crippen MR) is 65.2 cm³/mol. The molecular formula is C13H14N4. The standard InChI is InChI=1S/C13H14N4/c1-10(2)17-12(3-6-14)9-13(16-17)11-4-7-15-8-5-11/h4-5,7-10H,3H2,1-2H3. The summed E-state index contributed by atoms with van der Waals surface area (Å²) in [6.07, 6.45) is 3.87. The van der Waals surface area contributed by atoms with Crippen LogP contribution >= 0.6 is 0 Å². The molecule has 86 valence electrons. The molecular weight excluding hydrogens is 212 g/mol. The van der Waals surface area contributed by atoms with Gasteiger partial charge in [-0.15, -0.1) is 0 Å². The molecule has 0 saturated carbocycles. The van der Waals surface area contributed by atoms with Crippen molar-refractivity contribution in [3.63, 3.8) is 0 Å². The van der Waals surface area contributed by atoms with Gasteiger partial charge in [0.1, 0.15) is 0 Å². The van der Waals surface area contributed by atoms with Crippen LogP contribution in [0.3, 0.4) is 0 Å². The lowest BCUT2D eigenvalue weighted by atomic mass is 10.2. The van der Waals surface area contributed by atoms with Gasteiger partial charge in [0.15, 0.2) is 0 Å². The largest absolute Gasteiger partial charge is 0.265 e. The fourth-order valence-electron chi connectivity index (χ4n) is 1.76. The van der Waals surface area contributed by atoms with Crippen molar-refractivity contribution >= 4 is 0 Å². The highest BCUT2D eigenvalue weighted by Gasteiger charge is 2.11. The van der Waals surface area contributed by atoms with Gasteiger partial charge < -0.3 is 0 Å². The van der Waals surface area contributed by atoms with Gasteiger partial charge in [-0.1, -0.05) is 0 Å². The van der Waals surface area contributed by atoms with Gasteiger partial charge in [0, 0.05) is 24.0 Å². The van der Waals surface area contributed by atoms with Crippen molar-refractivity contribution in [2.24, 2.45) is 0 Å². The summed E-state index contributed by atoms with van der Waals surface area (Å²) in [6, 6.07) is 8.24. The second kappa shape index (κ2) is 4.79. The molecule has 0 amide bonds. The maximum absolute atomic E-state index is 8.80. The van der Waals surface area contributed by atoms with Gasteiger partial charge in [-0.2, -0.15) is 10.4 Å². The summed E-state index contributed by atoms with van der Waals surface area (Å²) in [6.45, 7) is 4.12. The summed E-state index contributed by atoms with van der Waals surface area (Å²) < 4.78 is 1.90. The average Bonchev–Trinajstić information content (AvgIpc) is 2.75. The molecule has 2 aromatic heterocycles. The van der Waals surface area contributed by atoms with Crippen molar-refractivity contribution < 1.29 is 0 Å². The Morgan fingerprint density at radius 1 is 1.35 bits per heavy atom. The third-order valence-electron chi connectivity index (χ3n) is 2.54. The first-order valence-corrected chi connectivity index (χ1v) is 5.58. The number of rotatable bonds is 3. The fourth-order valence-corrected chi connectivity index (χ4v) is 1.76. The van der Waals surface area contributed by atoms with E-state index in [0.717, 1.165) is 17.0 Å². The minimum Gasteiger partial charge on any atom is -0.265 e. The van der Waals surface area contributed by atoms with Gasteiger partial charge in [-0.25, -0.2) is 0 Å². The molecule has 0 fully saturated rings. The van der Waals surface area contributed by atoms with E-state index in [9.17, 15) is 0 Å². The first-order valence-electron chi connectivity index (χ1n) is 5.58. The minimum absolute atomic E-state index is 0.258. The molecule has 4 heteroatoms. The van der Waals surface area contributed by atoms with Crippen molar-refractivity contribution in [3.8, 4) is 17.3 Å². The molecule has 0 unspecified atom stereocenters. The van der Waals surface area contributed by atoms with E-state index in [2.05, 4.69) is 30.0 Å². The van der Waals surface area contributed by atoms with E-state index < -0.39 is 0 Å². The highest BCUT2D eigenvalue weighted by atomic mass is 15.3. The number of pyridine rings is 1. The van der Waals surface area contributed by atoms with Gasteiger partial charge in [-0.05, 0) is 32.0 Å². The zero-order chi connectivity index (χ0) is 12.3. The fraction of sp³-hybridized carbons (Fsp3) is 0.308. The Hall–Kier alpha value is -2.15. The molecule has 0 bridgehead atoms. The van der Waals surface area contributed by atoms with Crippen LogP contribution in [-0.2, 0) is 6.42 Å². The van der Waals surface area contributed by atoms with E-state index in [1.165, 1.54) is 0 Å². The molecule has 2 aromatic rings. The number of aromatic nitrogens is 3. The van der Waals surface area contributed by atoms with Crippen LogP contribution in [0.5, 0.6) is 0 Å². The van der Waals surface area contributed by atoms with Crippen molar-refractivity contribution in [1.82, 2.24) is 14.8 Å². The van der Waals surface area contributed by atoms with E-state index in [4.69, 9.17) is 5.26 Å². The van der Waals surface area contributed by atoms with Crippen molar-refractivity contribution in [2.45, 2.75) is 26.3 Å². The normalized spacial score (nSPS) is 10.5. The van der Waals surface area contributed by atoms with Crippen LogP contribution < -0.4 is 0 Å². The molecule has 0 N–H and O–H groups in total. The van der Waals surface area contributed by atoms with Gasteiger partial charge in [0.25, 0.3) is 0 Å². The summed E-state index contributed by atoms with van der Waals surface area (Å²) in [4.78, 5) is 3.98. The Labute approximate surface area is 101 Å². The lowest BCUT2D eigenvalue weighted by Crippen LogP contribution is -2.06. The minimum atomic E-state index is 0.258. The van der Waals surface area contributed by atoms with Crippen molar-refractivity contribution in [3.05, 3.63) is 36.3 Å². The number of hydrogen-bond donors (Lipinski definition) is 0. The molecule has 0 saturated heterocycles. The third kappa shape index (κ3) is 2.34. The maximum Gasteiger partial charge on any atom is 0.0927 e. The van der Waals surface area contributed by atoms with Crippen LogP contribution in [-0.4, -0.2) is 14.8 Å². The van der Waals surface area contributed by atoms with Crippen LogP contribution in [0.4, 0.5) is 0 Å². The second-order valence-electron chi connectivity index (χ2n) is 4.13. The van der Waals surface area contributed by atoms with Gasteiger partial charge >= 0.3 is 0 Å². The Bertz CT molecular complexity index is 534. The van der Waals surface area contributed by atoms with Crippen molar-refractivity contribution in [2.75, 3.05) is 0 Å². The molecule has 0 aliphatic rings. The molecule has 0 atom stereocenters. The zero-order valence-corrected chi connectivity index (χ0v) is 9.96. The quantitative estimate of drug-likeness (QED) is 0.808. The summed E-state index contributed by atoms with van der Waals surface area (Å²) in [5.41, 5.74) is 2.87. The average molecular weight is 226 g/mol. The monoisotopic (exact) mass is 226 g/mol. The summed E-state index contributed by atoms with van der Waals surface area (Å²) >= 11 is 0. The Balaban J connectivity index is 2.44. The molecule has 0 spiro atoms. The predicted octanol–water partition coefficient (Wildman–Crippen LogP) is 2.59. The van der Waals surface area contributed by atoms with E-state index >= 15 is 0 Å². The van der Waals surface area contributed by atoms with E-state index in [1.54, 1.807) is 12.4 Å². The first-order chi connectivity index (χ1) is 8.22. The maximum atomic E-state index is 8.80. The second-order valence-corrected chi connectivity index (χ2v) is 4.13. The Kier molecular flexibility index (Phi) is 3.20. The molecule has 0 aliphatic heterocycles.